The summed E-state index contributed by atoms with van der Waals surface area (Å²) in [5.41, 5.74) is 6.28. The zero-order chi connectivity index (χ0) is 12.8. The Balaban J connectivity index is 2.68. The van der Waals surface area contributed by atoms with Crippen LogP contribution in [0.1, 0.15) is 34.1 Å². The molecule has 96 valence electrons. The second-order valence-corrected chi connectivity index (χ2v) is 4.53. The van der Waals surface area contributed by atoms with Gasteiger partial charge in [-0.05, 0) is 32.3 Å². The summed E-state index contributed by atoms with van der Waals surface area (Å²) < 4.78 is 11.0. The van der Waals surface area contributed by atoms with Crippen molar-refractivity contribution in [1.82, 2.24) is 4.98 Å². The Morgan fingerprint density at radius 3 is 2.59 bits per heavy atom. The number of hydrogen-bond donors (Lipinski definition) is 1. The van der Waals surface area contributed by atoms with Gasteiger partial charge >= 0.3 is 0 Å². The average Bonchev–Trinajstić information content (AvgIpc) is 2.22. The third-order valence-corrected chi connectivity index (χ3v) is 2.27. The largest absolute Gasteiger partial charge is 0.476 e. The lowest BCUT2D eigenvalue weighted by Crippen LogP contribution is -2.15. The molecule has 0 saturated carbocycles. The van der Waals surface area contributed by atoms with Crippen molar-refractivity contribution in [2.24, 2.45) is 5.92 Å². The van der Waals surface area contributed by atoms with Crippen molar-refractivity contribution in [2.45, 2.75) is 40.2 Å². The summed E-state index contributed by atoms with van der Waals surface area (Å²) in [6.07, 6.45) is 1.14. The topological polar surface area (TPSA) is 57.4 Å². The van der Waals surface area contributed by atoms with E-state index in [-0.39, 0.29) is 6.10 Å². The summed E-state index contributed by atoms with van der Waals surface area (Å²) in [4.78, 5) is 4.24. The van der Waals surface area contributed by atoms with Crippen LogP contribution < -0.4 is 15.2 Å². The van der Waals surface area contributed by atoms with Crippen LogP contribution in [0, 0.1) is 5.92 Å². The Morgan fingerprint density at radius 1 is 1.29 bits per heavy atom. The maximum absolute atomic E-state index is 5.74. The molecule has 0 radical (unpaired) electrons. The van der Waals surface area contributed by atoms with E-state index in [4.69, 9.17) is 15.2 Å². The van der Waals surface area contributed by atoms with Crippen molar-refractivity contribution in [1.29, 1.82) is 0 Å². The Bertz CT molecular complexity index is 353. The molecule has 0 amide bonds. The number of anilines is 1. The second kappa shape index (κ2) is 6.33. The SMILES string of the molecule is CCOc1nc(OC(C)CC(C)C)ccc1N. The van der Waals surface area contributed by atoms with E-state index in [0.717, 1.165) is 6.42 Å². The molecular weight excluding hydrogens is 216 g/mol. The van der Waals surface area contributed by atoms with Crippen LogP contribution in [0.5, 0.6) is 11.8 Å². The molecule has 1 aromatic rings. The zero-order valence-electron chi connectivity index (χ0n) is 11.1. The highest BCUT2D eigenvalue weighted by molar-refractivity contribution is 5.49. The molecule has 1 rings (SSSR count). The number of pyridine rings is 1. The molecule has 1 unspecified atom stereocenters. The molecule has 1 heterocycles. The Hall–Kier alpha value is -1.45. The van der Waals surface area contributed by atoms with Crippen LogP contribution in [0.2, 0.25) is 0 Å². The van der Waals surface area contributed by atoms with E-state index < -0.39 is 0 Å². The fourth-order valence-electron chi connectivity index (χ4n) is 1.67. The highest BCUT2D eigenvalue weighted by Crippen LogP contribution is 2.23. The molecule has 17 heavy (non-hydrogen) atoms. The van der Waals surface area contributed by atoms with Gasteiger partial charge in [0.25, 0.3) is 0 Å². The van der Waals surface area contributed by atoms with Gasteiger partial charge < -0.3 is 15.2 Å². The lowest BCUT2D eigenvalue weighted by molar-refractivity contribution is 0.183. The lowest BCUT2D eigenvalue weighted by Gasteiger charge is -2.16. The van der Waals surface area contributed by atoms with E-state index >= 15 is 0 Å². The number of hydrogen-bond acceptors (Lipinski definition) is 4. The van der Waals surface area contributed by atoms with Crippen molar-refractivity contribution in [2.75, 3.05) is 12.3 Å². The molecule has 0 bridgehead atoms. The molecule has 0 saturated heterocycles. The molecule has 0 aliphatic rings. The van der Waals surface area contributed by atoms with Gasteiger partial charge in [0.15, 0.2) is 0 Å². The van der Waals surface area contributed by atoms with Gasteiger partial charge in [0.2, 0.25) is 11.8 Å². The fraction of sp³-hybridized carbons (Fsp3) is 0.615. The van der Waals surface area contributed by atoms with Gasteiger partial charge in [-0.1, -0.05) is 13.8 Å². The Kier molecular flexibility index (Phi) is 5.07. The number of nitrogen functional groups attached to an aromatic ring is 1. The van der Waals surface area contributed by atoms with Gasteiger partial charge in [-0.15, -0.1) is 0 Å². The van der Waals surface area contributed by atoms with Gasteiger partial charge in [0.1, 0.15) is 0 Å². The summed E-state index contributed by atoms with van der Waals surface area (Å²) in [5.74, 6) is 1.61. The molecule has 0 aliphatic heterocycles. The molecule has 4 heteroatoms. The fourth-order valence-corrected chi connectivity index (χ4v) is 1.67. The first kappa shape index (κ1) is 13.6. The van der Waals surface area contributed by atoms with E-state index in [1.807, 2.05) is 13.8 Å². The van der Waals surface area contributed by atoms with E-state index in [2.05, 4.69) is 18.8 Å². The zero-order valence-corrected chi connectivity index (χ0v) is 11.1. The predicted molar refractivity (Wildman–Crippen MR) is 69.4 cm³/mol. The van der Waals surface area contributed by atoms with Crippen LogP contribution >= 0.6 is 0 Å². The molecule has 1 atom stereocenters. The van der Waals surface area contributed by atoms with Crippen LogP contribution in [0.4, 0.5) is 5.69 Å². The van der Waals surface area contributed by atoms with Gasteiger partial charge in [-0.2, -0.15) is 4.98 Å². The van der Waals surface area contributed by atoms with Crippen LogP contribution in [0.3, 0.4) is 0 Å². The van der Waals surface area contributed by atoms with Crippen molar-refractivity contribution < 1.29 is 9.47 Å². The van der Waals surface area contributed by atoms with Gasteiger partial charge in [-0.25, -0.2) is 0 Å². The van der Waals surface area contributed by atoms with Crippen LogP contribution in [0.15, 0.2) is 12.1 Å². The lowest BCUT2D eigenvalue weighted by atomic mass is 10.1. The molecule has 2 N–H and O–H groups in total. The monoisotopic (exact) mass is 238 g/mol. The first-order valence-electron chi connectivity index (χ1n) is 6.08. The Labute approximate surface area is 103 Å². The van der Waals surface area contributed by atoms with Crippen molar-refractivity contribution >= 4 is 5.69 Å². The van der Waals surface area contributed by atoms with Gasteiger partial charge in [-0.3, -0.25) is 0 Å². The number of nitrogens with two attached hydrogens (primary N) is 1. The van der Waals surface area contributed by atoms with Crippen molar-refractivity contribution in [3.05, 3.63) is 12.1 Å². The predicted octanol–water partition coefficient (Wildman–Crippen LogP) is 2.88. The summed E-state index contributed by atoms with van der Waals surface area (Å²) in [6, 6.07) is 3.53. The summed E-state index contributed by atoms with van der Waals surface area (Å²) >= 11 is 0. The number of nitrogens with zero attached hydrogens (tertiary/aromatic N) is 1. The molecule has 0 aromatic carbocycles. The highest BCUT2D eigenvalue weighted by atomic mass is 16.5. The summed E-state index contributed by atoms with van der Waals surface area (Å²) in [5, 5.41) is 0. The van der Waals surface area contributed by atoms with E-state index in [1.165, 1.54) is 0 Å². The maximum atomic E-state index is 5.74. The molecule has 1 aromatic heterocycles. The standard InChI is InChI=1S/C13H22N2O2/c1-5-16-13-11(14)6-7-12(15-13)17-10(4)8-9(2)3/h6-7,9-10H,5,8,14H2,1-4H3. The third-order valence-electron chi connectivity index (χ3n) is 2.27. The molecule has 0 aliphatic carbocycles. The minimum absolute atomic E-state index is 0.139. The van der Waals surface area contributed by atoms with Crippen LogP contribution in [0.25, 0.3) is 0 Å². The molecule has 0 fully saturated rings. The summed E-state index contributed by atoms with van der Waals surface area (Å²) in [7, 11) is 0. The first-order valence-corrected chi connectivity index (χ1v) is 6.08. The maximum Gasteiger partial charge on any atom is 0.240 e. The minimum Gasteiger partial charge on any atom is -0.476 e. The van der Waals surface area contributed by atoms with E-state index in [9.17, 15) is 0 Å². The van der Waals surface area contributed by atoms with Crippen LogP contribution in [-0.2, 0) is 0 Å². The second-order valence-electron chi connectivity index (χ2n) is 4.53. The third kappa shape index (κ3) is 4.51. The number of rotatable bonds is 6. The number of ether oxygens (including phenoxy) is 2. The molecule has 0 spiro atoms. The normalized spacial score (nSPS) is 12.5. The van der Waals surface area contributed by atoms with Crippen LogP contribution in [-0.4, -0.2) is 17.7 Å². The van der Waals surface area contributed by atoms with Gasteiger partial charge in [0.05, 0.1) is 18.4 Å². The number of aromatic nitrogens is 1. The average molecular weight is 238 g/mol. The molecular formula is C13H22N2O2. The first-order chi connectivity index (χ1) is 8.02. The van der Waals surface area contributed by atoms with Crippen molar-refractivity contribution in [3.63, 3.8) is 0 Å². The van der Waals surface area contributed by atoms with Gasteiger partial charge in [0, 0.05) is 6.07 Å². The quantitative estimate of drug-likeness (QED) is 0.828. The van der Waals surface area contributed by atoms with E-state index in [1.54, 1.807) is 12.1 Å². The molecule has 4 nitrogen and oxygen atoms in total. The highest BCUT2D eigenvalue weighted by Gasteiger charge is 2.10. The Morgan fingerprint density at radius 2 is 2.00 bits per heavy atom. The summed E-state index contributed by atoms with van der Waals surface area (Å²) in [6.45, 7) is 8.82. The minimum atomic E-state index is 0.139. The smallest absolute Gasteiger partial charge is 0.240 e. The van der Waals surface area contributed by atoms with E-state index in [0.29, 0.717) is 30.0 Å². The van der Waals surface area contributed by atoms with Crippen molar-refractivity contribution in [3.8, 4) is 11.8 Å².